The van der Waals surface area contributed by atoms with Gasteiger partial charge in [0.15, 0.2) is 0 Å². The number of aromatic hydroxyl groups is 1. The van der Waals surface area contributed by atoms with Crippen LogP contribution in [0, 0.1) is 0 Å². The van der Waals surface area contributed by atoms with Gasteiger partial charge < -0.3 is 10.8 Å². The second kappa shape index (κ2) is 4.55. The Hall–Kier alpha value is -0.440. The highest BCUT2D eigenvalue weighted by Crippen LogP contribution is 2.25. The van der Waals surface area contributed by atoms with Gasteiger partial charge in [0.25, 0.3) is 0 Å². The summed E-state index contributed by atoms with van der Waals surface area (Å²) in [6.07, 6.45) is 0. The molecule has 0 aromatic heterocycles. The zero-order valence-corrected chi connectivity index (χ0v) is 8.19. The van der Waals surface area contributed by atoms with Crippen LogP contribution in [0.15, 0.2) is 18.2 Å². The van der Waals surface area contributed by atoms with Gasteiger partial charge in [0, 0.05) is 16.6 Å². The number of rotatable bonds is 1. The van der Waals surface area contributed by atoms with Crippen molar-refractivity contribution in [3.8, 4) is 5.75 Å². The molecule has 1 atom stereocenters. The second-order valence-corrected chi connectivity index (χ2v) is 2.93. The molecule has 4 heteroatoms. The lowest BCUT2D eigenvalue weighted by Gasteiger charge is -2.07. The van der Waals surface area contributed by atoms with Crippen molar-refractivity contribution in [1.29, 1.82) is 0 Å². The third-order valence-electron chi connectivity index (χ3n) is 1.48. The summed E-state index contributed by atoms with van der Waals surface area (Å²) in [5, 5.41) is 9.82. The highest BCUT2D eigenvalue weighted by molar-refractivity contribution is 6.30. The minimum atomic E-state index is -0.160. The summed E-state index contributed by atoms with van der Waals surface area (Å²) >= 11 is 5.62. The van der Waals surface area contributed by atoms with Gasteiger partial charge in [-0.05, 0) is 19.1 Å². The number of phenols is 1. The van der Waals surface area contributed by atoms with Gasteiger partial charge in [-0.1, -0.05) is 17.7 Å². The molecule has 0 amide bonds. The van der Waals surface area contributed by atoms with Crippen LogP contribution in [-0.4, -0.2) is 5.11 Å². The minimum Gasteiger partial charge on any atom is -0.508 e. The Morgan fingerprint density at radius 1 is 1.50 bits per heavy atom. The van der Waals surface area contributed by atoms with Crippen molar-refractivity contribution in [2.45, 2.75) is 13.0 Å². The van der Waals surface area contributed by atoms with Crippen molar-refractivity contribution in [2.24, 2.45) is 5.73 Å². The normalized spacial score (nSPS) is 11.9. The van der Waals surface area contributed by atoms with Gasteiger partial charge in [0.2, 0.25) is 0 Å². The maximum Gasteiger partial charge on any atom is 0.121 e. The van der Waals surface area contributed by atoms with Crippen LogP contribution in [0.1, 0.15) is 18.5 Å². The molecule has 0 radical (unpaired) electrons. The van der Waals surface area contributed by atoms with Crippen LogP contribution >= 0.6 is 24.0 Å². The van der Waals surface area contributed by atoms with E-state index in [2.05, 4.69) is 0 Å². The van der Waals surface area contributed by atoms with Crippen molar-refractivity contribution in [3.05, 3.63) is 28.8 Å². The number of hydrogen-bond donors (Lipinski definition) is 2. The molecule has 1 aromatic carbocycles. The summed E-state index contributed by atoms with van der Waals surface area (Å²) in [7, 11) is 0. The zero-order chi connectivity index (χ0) is 8.43. The summed E-state index contributed by atoms with van der Waals surface area (Å²) in [6, 6.07) is 4.76. The van der Waals surface area contributed by atoms with E-state index < -0.39 is 0 Å². The molecule has 0 spiro atoms. The van der Waals surface area contributed by atoms with Gasteiger partial charge in [-0.3, -0.25) is 0 Å². The highest BCUT2D eigenvalue weighted by Gasteiger charge is 2.04. The van der Waals surface area contributed by atoms with Gasteiger partial charge in [-0.2, -0.15) is 0 Å². The largest absolute Gasteiger partial charge is 0.508 e. The van der Waals surface area contributed by atoms with Crippen LogP contribution < -0.4 is 5.73 Å². The quantitative estimate of drug-likeness (QED) is 0.744. The molecule has 12 heavy (non-hydrogen) atoms. The lowest BCUT2D eigenvalue weighted by molar-refractivity contribution is 0.464. The predicted molar refractivity (Wildman–Crippen MR) is 53.0 cm³/mol. The fourth-order valence-electron chi connectivity index (χ4n) is 0.902. The Balaban J connectivity index is 0.00000121. The molecule has 0 saturated carbocycles. The molecular weight excluding hydrogens is 197 g/mol. The molecule has 1 aromatic rings. The summed E-state index contributed by atoms with van der Waals surface area (Å²) < 4.78 is 0. The summed E-state index contributed by atoms with van der Waals surface area (Å²) in [6.45, 7) is 1.81. The lowest BCUT2D eigenvalue weighted by atomic mass is 10.1. The molecule has 0 aliphatic heterocycles. The average molecular weight is 208 g/mol. The fourth-order valence-corrected chi connectivity index (χ4v) is 1.07. The van der Waals surface area contributed by atoms with Gasteiger partial charge in [-0.25, -0.2) is 0 Å². The lowest BCUT2D eigenvalue weighted by Crippen LogP contribution is -2.04. The van der Waals surface area contributed by atoms with Crippen LogP contribution in [0.5, 0.6) is 5.75 Å². The third-order valence-corrected chi connectivity index (χ3v) is 1.72. The number of nitrogens with two attached hydrogens (primary N) is 1. The first kappa shape index (κ1) is 11.6. The molecule has 0 bridgehead atoms. The highest BCUT2D eigenvalue weighted by atomic mass is 35.5. The second-order valence-electron chi connectivity index (χ2n) is 2.49. The Morgan fingerprint density at radius 3 is 2.50 bits per heavy atom. The van der Waals surface area contributed by atoms with E-state index >= 15 is 0 Å². The van der Waals surface area contributed by atoms with Crippen molar-refractivity contribution in [2.75, 3.05) is 0 Å². The summed E-state index contributed by atoms with van der Waals surface area (Å²) in [4.78, 5) is 0. The van der Waals surface area contributed by atoms with E-state index in [9.17, 15) is 5.11 Å². The summed E-state index contributed by atoms with van der Waals surface area (Å²) in [5.74, 6) is 0.160. The van der Waals surface area contributed by atoms with Gasteiger partial charge in [0.1, 0.15) is 5.75 Å². The van der Waals surface area contributed by atoms with E-state index in [-0.39, 0.29) is 24.2 Å². The van der Waals surface area contributed by atoms with E-state index in [0.29, 0.717) is 5.02 Å². The topological polar surface area (TPSA) is 46.2 Å². The molecule has 0 aliphatic rings. The number of hydrogen-bond acceptors (Lipinski definition) is 2. The maximum atomic E-state index is 9.30. The molecule has 1 rings (SSSR count). The fraction of sp³-hybridized carbons (Fsp3) is 0.250. The molecule has 0 aliphatic carbocycles. The van der Waals surface area contributed by atoms with Crippen molar-refractivity contribution in [3.63, 3.8) is 0 Å². The van der Waals surface area contributed by atoms with E-state index in [1.54, 1.807) is 12.1 Å². The van der Waals surface area contributed by atoms with Crippen LogP contribution in [0.4, 0.5) is 0 Å². The summed E-state index contributed by atoms with van der Waals surface area (Å²) in [5.41, 5.74) is 6.28. The number of halogens is 2. The van der Waals surface area contributed by atoms with Crippen molar-refractivity contribution in [1.82, 2.24) is 0 Å². The third kappa shape index (κ3) is 2.55. The van der Waals surface area contributed by atoms with Gasteiger partial charge >= 0.3 is 0 Å². The number of benzene rings is 1. The Kier molecular flexibility index (Phi) is 4.39. The molecule has 68 valence electrons. The van der Waals surface area contributed by atoms with Crippen molar-refractivity contribution < 1.29 is 5.11 Å². The Morgan fingerprint density at radius 2 is 2.08 bits per heavy atom. The van der Waals surface area contributed by atoms with E-state index in [4.69, 9.17) is 17.3 Å². The smallest absolute Gasteiger partial charge is 0.121 e. The monoisotopic (exact) mass is 207 g/mol. The molecule has 0 heterocycles. The molecule has 0 fully saturated rings. The van der Waals surface area contributed by atoms with Crippen LogP contribution in [0.2, 0.25) is 5.02 Å². The molecular formula is C8H11Cl2NO. The van der Waals surface area contributed by atoms with Crippen LogP contribution in [0.3, 0.4) is 0 Å². The minimum absolute atomic E-state index is 0. The van der Waals surface area contributed by atoms with Crippen molar-refractivity contribution >= 4 is 24.0 Å². The Bertz CT molecular complexity index is 263. The van der Waals surface area contributed by atoms with E-state index in [0.717, 1.165) is 5.56 Å². The molecule has 0 saturated heterocycles. The van der Waals surface area contributed by atoms with E-state index in [1.807, 2.05) is 6.92 Å². The Labute approximate surface area is 82.8 Å². The SMILES string of the molecule is C[C@H](N)c1ccc(Cl)cc1O.Cl. The van der Waals surface area contributed by atoms with E-state index in [1.165, 1.54) is 6.07 Å². The zero-order valence-electron chi connectivity index (χ0n) is 6.62. The molecule has 3 N–H and O–H groups in total. The first-order valence-electron chi connectivity index (χ1n) is 3.35. The van der Waals surface area contributed by atoms with Crippen LogP contribution in [0.25, 0.3) is 0 Å². The average Bonchev–Trinajstić information content (AvgIpc) is 1.85. The first-order valence-corrected chi connectivity index (χ1v) is 3.73. The van der Waals surface area contributed by atoms with Crippen LogP contribution in [-0.2, 0) is 0 Å². The molecule has 0 unspecified atom stereocenters. The standard InChI is InChI=1S/C8H10ClNO.ClH/c1-5(10)7-3-2-6(9)4-8(7)11;/h2-5,11H,10H2,1H3;1H/t5-;/m0./s1. The maximum absolute atomic E-state index is 9.30. The first-order chi connectivity index (χ1) is 5.11. The predicted octanol–water partition coefficient (Wildman–Crippen LogP) is 2.49. The molecule has 2 nitrogen and oxygen atoms in total. The van der Waals surface area contributed by atoms with Gasteiger partial charge in [0.05, 0.1) is 0 Å². The number of phenolic OH excluding ortho intramolecular Hbond substituents is 1. The van der Waals surface area contributed by atoms with Gasteiger partial charge in [-0.15, -0.1) is 12.4 Å².